The molecule has 0 saturated carbocycles. The number of nitrogens with two attached hydrogens (primary N) is 1. The normalized spacial score (nSPS) is 17.1. The fourth-order valence-electron chi connectivity index (χ4n) is 2.98. The summed E-state index contributed by atoms with van der Waals surface area (Å²) in [6.07, 6.45) is 1.10. The van der Waals surface area contributed by atoms with Crippen molar-refractivity contribution in [3.05, 3.63) is 53.6 Å². The summed E-state index contributed by atoms with van der Waals surface area (Å²) in [5.41, 5.74) is 10.6. The molecular formula is C17H20N2O. The third-order valence-corrected chi connectivity index (χ3v) is 3.99. The van der Waals surface area contributed by atoms with E-state index >= 15 is 0 Å². The van der Waals surface area contributed by atoms with Crippen LogP contribution in [0.4, 0.5) is 11.4 Å². The van der Waals surface area contributed by atoms with Crippen LogP contribution in [-0.4, -0.2) is 13.2 Å². The summed E-state index contributed by atoms with van der Waals surface area (Å²) in [7, 11) is 1.70. The molecule has 2 N–H and O–H groups in total. The number of methoxy groups -OCH3 is 1. The maximum Gasteiger partial charge on any atom is 0.123 e. The molecule has 3 rings (SSSR count). The lowest BCUT2D eigenvalue weighted by Crippen LogP contribution is -2.28. The Morgan fingerprint density at radius 2 is 2.05 bits per heavy atom. The summed E-state index contributed by atoms with van der Waals surface area (Å²) in [4.78, 5) is 2.42. The lowest BCUT2D eigenvalue weighted by atomic mass is 10.1. The summed E-state index contributed by atoms with van der Waals surface area (Å²) < 4.78 is 5.45. The quantitative estimate of drug-likeness (QED) is 0.869. The van der Waals surface area contributed by atoms with Gasteiger partial charge in [0.1, 0.15) is 5.75 Å². The average Bonchev–Trinajstić information content (AvgIpc) is 2.76. The van der Waals surface area contributed by atoms with Crippen molar-refractivity contribution in [2.24, 2.45) is 0 Å². The smallest absolute Gasteiger partial charge is 0.123 e. The van der Waals surface area contributed by atoms with Gasteiger partial charge in [-0.05, 0) is 43.2 Å². The zero-order valence-corrected chi connectivity index (χ0v) is 12.0. The number of hydrogen-bond acceptors (Lipinski definition) is 3. The Morgan fingerprint density at radius 1 is 1.25 bits per heavy atom. The number of fused-ring (bicyclic) bond motifs is 1. The summed E-state index contributed by atoms with van der Waals surface area (Å²) in [6.45, 7) is 3.09. The molecule has 0 spiro atoms. The summed E-state index contributed by atoms with van der Waals surface area (Å²) in [5, 5.41) is 0. The molecule has 1 atom stereocenters. The second-order valence-electron chi connectivity index (χ2n) is 5.38. The molecule has 104 valence electrons. The summed E-state index contributed by atoms with van der Waals surface area (Å²) in [6, 6.07) is 14.9. The van der Waals surface area contributed by atoms with Gasteiger partial charge in [0.05, 0.1) is 7.11 Å². The zero-order valence-electron chi connectivity index (χ0n) is 12.0. The van der Waals surface area contributed by atoms with Crippen LogP contribution in [0.15, 0.2) is 42.5 Å². The first-order valence-electron chi connectivity index (χ1n) is 6.96. The minimum Gasteiger partial charge on any atom is -0.496 e. The minimum absolute atomic E-state index is 0.499. The SMILES string of the molecule is COc1ccc(N)cc1CN1c2ccccc2CC1C. The van der Waals surface area contributed by atoms with Gasteiger partial charge in [0.25, 0.3) is 0 Å². The van der Waals surface area contributed by atoms with Crippen molar-refractivity contribution < 1.29 is 4.74 Å². The molecule has 0 fully saturated rings. The van der Waals surface area contributed by atoms with E-state index in [1.54, 1.807) is 7.11 Å². The van der Waals surface area contributed by atoms with Crippen molar-refractivity contribution in [3.8, 4) is 5.75 Å². The number of anilines is 2. The van der Waals surface area contributed by atoms with Crippen LogP contribution in [0.5, 0.6) is 5.75 Å². The number of nitrogens with zero attached hydrogens (tertiary/aromatic N) is 1. The molecule has 0 amide bonds. The van der Waals surface area contributed by atoms with Crippen LogP contribution in [0.3, 0.4) is 0 Å². The van der Waals surface area contributed by atoms with Gasteiger partial charge in [-0.25, -0.2) is 0 Å². The van der Waals surface area contributed by atoms with E-state index in [4.69, 9.17) is 10.5 Å². The van der Waals surface area contributed by atoms with Gasteiger partial charge in [-0.15, -0.1) is 0 Å². The van der Waals surface area contributed by atoms with Crippen molar-refractivity contribution in [1.29, 1.82) is 0 Å². The van der Waals surface area contributed by atoms with Gasteiger partial charge < -0.3 is 15.4 Å². The van der Waals surface area contributed by atoms with Crippen molar-refractivity contribution in [3.63, 3.8) is 0 Å². The van der Waals surface area contributed by atoms with Crippen molar-refractivity contribution in [1.82, 2.24) is 0 Å². The van der Waals surface area contributed by atoms with Crippen molar-refractivity contribution >= 4 is 11.4 Å². The first-order chi connectivity index (χ1) is 9.69. The van der Waals surface area contributed by atoms with E-state index in [9.17, 15) is 0 Å². The summed E-state index contributed by atoms with van der Waals surface area (Å²) in [5.74, 6) is 0.899. The van der Waals surface area contributed by atoms with Crippen molar-refractivity contribution in [2.45, 2.75) is 25.9 Å². The average molecular weight is 268 g/mol. The van der Waals surface area contributed by atoms with E-state index in [0.717, 1.165) is 30.0 Å². The Balaban J connectivity index is 1.94. The largest absolute Gasteiger partial charge is 0.496 e. The van der Waals surface area contributed by atoms with Crippen molar-refractivity contribution in [2.75, 3.05) is 17.7 Å². The van der Waals surface area contributed by atoms with Gasteiger partial charge in [0.2, 0.25) is 0 Å². The number of ether oxygens (including phenoxy) is 1. The lowest BCUT2D eigenvalue weighted by Gasteiger charge is -2.26. The minimum atomic E-state index is 0.499. The van der Waals surface area contributed by atoms with Gasteiger partial charge in [-0.2, -0.15) is 0 Å². The van der Waals surface area contributed by atoms with Gasteiger partial charge >= 0.3 is 0 Å². The predicted octanol–water partition coefficient (Wildman–Crippen LogP) is 3.23. The highest BCUT2D eigenvalue weighted by Gasteiger charge is 2.26. The van der Waals surface area contributed by atoms with Crippen LogP contribution in [0.25, 0.3) is 0 Å². The molecule has 0 bridgehead atoms. The summed E-state index contributed by atoms with van der Waals surface area (Å²) >= 11 is 0. The Morgan fingerprint density at radius 3 is 2.85 bits per heavy atom. The fourth-order valence-corrected chi connectivity index (χ4v) is 2.98. The van der Waals surface area contributed by atoms with Gasteiger partial charge in [0, 0.05) is 29.5 Å². The molecule has 1 heterocycles. The number of para-hydroxylation sites is 1. The van der Waals surface area contributed by atoms with E-state index in [0.29, 0.717) is 6.04 Å². The first kappa shape index (κ1) is 12.9. The van der Waals surface area contributed by atoms with E-state index < -0.39 is 0 Å². The molecule has 3 nitrogen and oxygen atoms in total. The van der Waals surface area contributed by atoms with Crippen LogP contribution in [0.2, 0.25) is 0 Å². The molecule has 2 aromatic carbocycles. The van der Waals surface area contributed by atoms with E-state index in [2.05, 4.69) is 36.1 Å². The maximum atomic E-state index is 5.91. The van der Waals surface area contributed by atoms with E-state index in [1.165, 1.54) is 11.3 Å². The first-order valence-corrected chi connectivity index (χ1v) is 6.96. The topological polar surface area (TPSA) is 38.5 Å². The second kappa shape index (κ2) is 5.08. The highest BCUT2D eigenvalue weighted by molar-refractivity contribution is 5.60. The van der Waals surface area contributed by atoms with Gasteiger partial charge in [0.15, 0.2) is 0 Å². The molecule has 3 heteroatoms. The standard InChI is InChI=1S/C17H20N2O/c1-12-9-13-5-3-4-6-16(13)19(12)11-14-10-15(18)7-8-17(14)20-2/h3-8,10,12H,9,11,18H2,1-2H3. The number of nitrogen functional groups attached to an aromatic ring is 1. The molecule has 0 radical (unpaired) electrons. The van der Waals surface area contributed by atoms with Crippen LogP contribution >= 0.6 is 0 Å². The fraction of sp³-hybridized carbons (Fsp3) is 0.294. The third kappa shape index (κ3) is 2.20. The third-order valence-electron chi connectivity index (χ3n) is 3.99. The molecule has 2 aromatic rings. The molecule has 0 saturated heterocycles. The zero-order chi connectivity index (χ0) is 14.1. The molecule has 20 heavy (non-hydrogen) atoms. The molecule has 0 aromatic heterocycles. The molecule has 0 aliphatic carbocycles. The van der Waals surface area contributed by atoms with Crippen LogP contribution < -0.4 is 15.4 Å². The lowest BCUT2D eigenvalue weighted by molar-refractivity contribution is 0.409. The Bertz CT molecular complexity index is 624. The predicted molar refractivity (Wildman–Crippen MR) is 83.2 cm³/mol. The molecule has 1 aliphatic rings. The molecule has 1 unspecified atom stereocenters. The highest BCUT2D eigenvalue weighted by Crippen LogP contribution is 2.34. The Labute approximate surface area is 120 Å². The van der Waals surface area contributed by atoms with E-state index in [1.807, 2.05) is 18.2 Å². The molecule has 1 aliphatic heterocycles. The maximum absolute atomic E-state index is 5.91. The Kier molecular flexibility index (Phi) is 3.26. The van der Waals surface area contributed by atoms with Gasteiger partial charge in [-0.1, -0.05) is 18.2 Å². The van der Waals surface area contributed by atoms with Crippen LogP contribution in [0, 0.1) is 0 Å². The Hall–Kier alpha value is -2.16. The monoisotopic (exact) mass is 268 g/mol. The highest BCUT2D eigenvalue weighted by atomic mass is 16.5. The number of benzene rings is 2. The van der Waals surface area contributed by atoms with E-state index in [-0.39, 0.29) is 0 Å². The van der Waals surface area contributed by atoms with Crippen LogP contribution in [0.1, 0.15) is 18.1 Å². The number of rotatable bonds is 3. The van der Waals surface area contributed by atoms with Gasteiger partial charge in [-0.3, -0.25) is 0 Å². The molecular weight excluding hydrogens is 248 g/mol. The van der Waals surface area contributed by atoms with Crippen LogP contribution in [-0.2, 0) is 13.0 Å². The number of hydrogen-bond donors (Lipinski definition) is 1. The second-order valence-corrected chi connectivity index (χ2v) is 5.38.